The standard InChI is InChI=1S/C11H13NO3/c1-14-9-6-5-7-3-2-4-8(7)10(9)15-11(12)13/h5-6H,2-4H2,1H3,(H2,12,13). The molecule has 0 fully saturated rings. The molecule has 1 aromatic carbocycles. The van der Waals surface area contributed by atoms with Gasteiger partial charge in [0, 0.05) is 5.56 Å². The number of benzene rings is 1. The highest BCUT2D eigenvalue weighted by molar-refractivity contribution is 5.70. The van der Waals surface area contributed by atoms with Gasteiger partial charge in [0.25, 0.3) is 0 Å². The number of carbonyl (C=O) groups is 1. The van der Waals surface area contributed by atoms with Crippen LogP contribution in [0.1, 0.15) is 17.5 Å². The van der Waals surface area contributed by atoms with E-state index in [1.165, 1.54) is 5.56 Å². The van der Waals surface area contributed by atoms with Gasteiger partial charge >= 0.3 is 6.09 Å². The van der Waals surface area contributed by atoms with Crippen molar-refractivity contribution in [3.63, 3.8) is 0 Å². The number of amides is 1. The lowest BCUT2D eigenvalue weighted by Crippen LogP contribution is -2.17. The van der Waals surface area contributed by atoms with Crippen molar-refractivity contribution in [1.82, 2.24) is 0 Å². The van der Waals surface area contributed by atoms with Crippen LogP contribution in [0.4, 0.5) is 4.79 Å². The topological polar surface area (TPSA) is 61.6 Å². The second kappa shape index (κ2) is 3.81. The summed E-state index contributed by atoms with van der Waals surface area (Å²) >= 11 is 0. The Morgan fingerprint density at radius 2 is 2.20 bits per heavy atom. The number of fused-ring (bicyclic) bond motifs is 1. The number of rotatable bonds is 2. The molecule has 2 N–H and O–H groups in total. The van der Waals surface area contributed by atoms with Gasteiger partial charge in [-0.3, -0.25) is 0 Å². The average molecular weight is 207 g/mol. The third-order valence-corrected chi connectivity index (χ3v) is 2.62. The van der Waals surface area contributed by atoms with Crippen LogP contribution in [0, 0.1) is 0 Å². The molecule has 0 bridgehead atoms. The molecule has 0 saturated heterocycles. The molecule has 0 aliphatic heterocycles. The Hall–Kier alpha value is -1.71. The molecular weight excluding hydrogens is 194 g/mol. The Kier molecular flexibility index (Phi) is 2.49. The first-order valence-electron chi connectivity index (χ1n) is 4.88. The predicted molar refractivity (Wildman–Crippen MR) is 55.2 cm³/mol. The Labute approximate surface area is 88.0 Å². The van der Waals surface area contributed by atoms with Gasteiger partial charge in [0.15, 0.2) is 11.5 Å². The summed E-state index contributed by atoms with van der Waals surface area (Å²) in [5.41, 5.74) is 7.29. The molecular formula is C11H13NO3. The lowest BCUT2D eigenvalue weighted by molar-refractivity contribution is 0.208. The van der Waals surface area contributed by atoms with Crippen LogP contribution in [0.5, 0.6) is 11.5 Å². The van der Waals surface area contributed by atoms with Crippen LogP contribution < -0.4 is 15.2 Å². The first kappa shape index (κ1) is 9.83. The summed E-state index contributed by atoms with van der Waals surface area (Å²) in [6.07, 6.45) is 2.22. The van der Waals surface area contributed by atoms with E-state index in [9.17, 15) is 4.79 Å². The molecule has 15 heavy (non-hydrogen) atoms. The summed E-state index contributed by atoms with van der Waals surface area (Å²) in [6.45, 7) is 0. The van der Waals surface area contributed by atoms with Crippen molar-refractivity contribution in [2.75, 3.05) is 7.11 Å². The minimum atomic E-state index is -0.798. The highest BCUT2D eigenvalue weighted by Gasteiger charge is 2.20. The molecule has 0 heterocycles. The number of hydrogen-bond donors (Lipinski definition) is 1. The summed E-state index contributed by atoms with van der Waals surface area (Å²) in [7, 11) is 1.55. The molecule has 1 aromatic rings. The first-order chi connectivity index (χ1) is 7.22. The van der Waals surface area contributed by atoms with E-state index in [1.54, 1.807) is 7.11 Å². The molecule has 0 spiro atoms. The summed E-state index contributed by atoms with van der Waals surface area (Å²) in [5.74, 6) is 1.05. The maximum atomic E-state index is 10.8. The van der Waals surface area contributed by atoms with Crippen LogP contribution in [0.25, 0.3) is 0 Å². The Bertz CT molecular complexity index is 401. The van der Waals surface area contributed by atoms with E-state index < -0.39 is 6.09 Å². The zero-order valence-corrected chi connectivity index (χ0v) is 8.58. The largest absolute Gasteiger partial charge is 0.493 e. The number of hydrogen-bond acceptors (Lipinski definition) is 3. The maximum Gasteiger partial charge on any atom is 0.410 e. The SMILES string of the molecule is COc1ccc2c(c1OC(N)=O)CCC2. The monoisotopic (exact) mass is 207 g/mol. The average Bonchev–Trinajstić information content (AvgIpc) is 2.65. The van der Waals surface area contributed by atoms with Gasteiger partial charge in [-0.05, 0) is 30.9 Å². The zero-order valence-electron chi connectivity index (χ0n) is 8.58. The third-order valence-electron chi connectivity index (χ3n) is 2.62. The van der Waals surface area contributed by atoms with Crippen molar-refractivity contribution in [1.29, 1.82) is 0 Å². The van der Waals surface area contributed by atoms with E-state index in [0.29, 0.717) is 11.5 Å². The zero-order chi connectivity index (χ0) is 10.8. The Morgan fingerprint density at radius 3 is 2.87 bits per heavy atom. The highest BCUT2D eigenvalue weighted by Crippen LogP contribution is 2.38. The number of nitrogens with two attached hydrogens (primary N) is 1. The van der Waals surface area contributed by atoms with Gasteiger partial charge in [0.2, 0.25) is 0 Å². The normalized spacial score (nSPS) is 13.4. The van der Waals surface area contributed by atoms with Gasteiger partial charge in [0.05, 0.1) is 7.11 Å². The number of carbonyl (C=O) groups excluding carboxylic acids is 1. The molecule has 1 aliphatic rings. The van der Waals surface area contributed by atoms with Crippen molar-refractivity contribution < 1.29 is 14.3 Å². The minimum Gasteiger partial charge on any atom is -0.493 e. The molecule has 1 amide bonds. The van der Waals surface area contributed by atoms with Gasteiger partial charge < -0.3 is 15.2 Å². The molecule has 0 atom stereocenters. The summed E-state index contributed by atoms with van der Waals surface area (Å²) in [6, 6.07) is 3.82. The van der Waals surface area contributed by atoms with Crippen LogP contribution in [-0.4, -0.2) is 13.2 Å². The summed E-state index contributed by atoms with van der Waals surface area (Å²) in [4.78, 5) is 10.8. The van der Waals surface area contributed by atoms with Crippen molar-refractivity contribution in [3.05, 3.63) is 23.3 Å². The number of aryl methyl sites for hydroxylation is 1. The lowest BCUT2D eigenvalue weighted by atomic mass is 10.1. The molecule has 0 aromatic heterocycles. The number of primary amides is 1. The van der Waals surface area contributed by atoms with E-state index in [2.05, 4.69) is 0 Å². The summed E-state index contributed by atoms with van der Waals surface area (Å²) in [5, 5.41) is 0. The Balaban J connectivity index is 2.47. The molecule has 0 unspecified atom stereocenters. The van der Waals surface area contributed by atoms with Gasteiger partial charge in [-0.15, -0.1) is 0 Å². The fourth-order valence-electron chi connectivity index (χ4n) is 1.98. The number of ether oxygens (including phenoxy) is 2. The van der Waals surface area contributed by atoms with Crippen molar-refractivity contribution in [2.45, 2.75) is 19.3 Å². The van der Waals surface area contributed by atoms with Crippen LogP contribution in [-0.2, 0) is 12.8 Å². The quantitative estimate of drug-likeness (QED) is 0.801. The Morgan fingerprint density at radius 1 is 1.40 bits per heavy atom. The fraction of sp³-hybridized carbons (Fsp3) is 0.364. The molecule has 2 rings (SSSR count). The second-order valence-electron chi connectivity index (χ2n) is 3.51. The lowest BCUT2D eigenvalue weighted by Gasteiger charge is -2.11. The van der Waals surface area contributed by atoms with Crippen molar-refractivity contribution in [2.24, 2.45) is 5.73 Å². The molecule has 1 aliphatic carbocycles. The van der Waals surface area contributed by atoms with Crippen LogP contribution in [0.2, 0.25) is 0 Å². The molecule has 0 saturated carbocycles. The first-order valence-corrected chi connectivity index (χ1v) is 4.88. The molecule has 80 valence electrons. The summed E-state index contributed by atoms with van der Waals surface area (Å²) < 4.78 is 10.1. The minimum absolute atomic E-state index is 0.486. The van der Waals surface area contributed by atoms with Gasteiger partial charge in [-0.25, -0.2) is 4.79 Å². The van der Waals surface area contributed by atoms with Crippen LogP contribution in [0.3, 0.4) is 0 Å². The molecule has 4 heteroatoms. The van der Waals surface area contributed by atoms with E-state index in [4.69, 9.17) is 15.2 Å². The van der Waals surface area contributed by atoms with E-state index >= 15 is 0 Å². The molecule has 4 nitrogen and oxygen atoms in total. The van der Waals surface area contributed by atoms with Crippen molar-refractivity contribution >= 4 is 6.09 Å². The van der Waals surface area contributed by atoms with Gasteiger partial charge in [-0.2, -0.15) is 0 Å². The van der Waals surface area contributed by atoms with E-state index in [-0.39, 0.29) is 0 Å². The third kappa shape index (κ3) is 1.75. The van der Waals surface area contributed by atoms with E-state index in [1.807, 2.05) is 12.1 Å². The second-order valence-corrected chi connectivity index (χ2v) is 3.51. The smallest absolute Gasteiger partial charge is 0.410 e. The molecule has 0 radical (unpaired) electrons. The maximum absolute atomic E-state index is 10.8. The van der Waals surface area contributed by atoms with Crippen molar-refractivity contribution in [3.8, 4) is 11.5 Å². The fourth-order valence-corrected chi connectivity index (χ4v) is 1.98. The predicted octanol–water partition coefficient (Wildman–Crippen LogP) is 1.64. The van der Waals surface area contributed by atoms with Gasteiger partial charge in [-0.1, -0.05) is 6.07 Å². The number of methoxy groups -OCH3 is 1. The van der Waals surface area contributed by atoms with E-state index in [0.717, 1.165) is 24.8 Å². The van der Waals surface area contributed by atoms with Gasteiger partial charge in [0.1, 0.15) is 0 Å². The van der Waals surface area contributed by atoms with Crippen LogP contribution in [0.15, 0.2) is 12.1 Å². The highest BCUT2D eigenvalue weighted by atomic mass is 16.6. The van der Waals surface area contributed by atoms with Crippen LogP contribution >= 0.6 is 0 Å².